The van der Waals surface area contributed by atoms with E-state index in [1.807, 2.05) is 0 Å². The molecule has 0 saturated heterocycles. The highest BCUT2D eigenvalue weighted by atomic mass is 32.1. The molecular weight excluding hydrogens is 831 g/mol. The monoisotopic (exact) mass is 873 g/mol. The van der Waals surface area contributed by atoms with Gasteiger partial charge in [-0.05, 0) is 135 Å². The largest absolute Gasteiger partial charge is 0.310 e. The Morgan fingerprint density at radius 1 is 0.254 bits per heavy atom. The van der Waals surface area contributed by atoms with Crippen LogP contribution in [-0.2, 0) is 0 Å². The van der Waals surface area contributed by atoms with Crippen molar-refractivity contribution in [3.8, 4) is 44.0 Å². The summed E-state index contributed by atoms with van der Waals surface area (Å²) in [5.74, 6) is 0. The molecule has 0 amide bonds. The molecule has 1 heterocycles. The summed E-state index contributed by atoms with van der Waals surface area (Å²) in [6.45, 7) is 0. The van der Waals surface area contributed by atoms with E-state index in [9.17, 15) is 0 Å². The van der Waals surface area contributed by atoms with Crippen molar-refractivity contribution in [2.75, 3.05) is 9.80 Å². The van der Waals surface area contributed by atoms with Crippen LogP contribution in [0.15, 0.2) is 261 Å². The molecule has 316 valence electrons. The smallest absolute Gasteiger partial charge is 0.124 e. The number of aromatic nitrogens is 1. The van der Waals surface area contributed by atoms with E-state index in [1.54, 1.807) is 11.3 Å². The van der Waals surface area contributed by atoms with Gasteiger partial charge in [-0.15, -0.1) is 11.3 Å². The third-order valence-electron chi connectivity index (χ3n) is 12.6. The number of benzene rings is 11. The van der Waals surface area contributed by atoms with Crippen molar-refractivity contribution < 1.29 is 0 Å². The SMILES string of the molecule is c1ccc(-c2cccc(-c3nc4c5ccc(-c6cccc(N(c7ccccc7)c7ccccc7)c6)cc5c5cc(-c6cccc(N(c7ccccc7)c7ccccc7)c6)ccc5c4s3)c2)cc1. The fraction of sp³-hybridized carbons (Fsp3) is 0. The third-order valence-corrected chi connectivity index (χ3v) is 13.7. The van der Waals surface area contributed by atoms with Crippen LogP contribution in [0.5, 0.6) is 0 Å². The van der Waals surface area contributed by atoms with Crippen molar-refractivity contribution >= 4 is 77.2 Å². The summed E-state index contributed by atoms with van der Waals surface area (Å²) in [6, 6.07) is 93.6. The lowest BCUT2D eigenvalue weighted by Crippen LogP contribution is -2.09. The van der Waals surface area contributed by atoms with Gasteiger partial charge in [-0.2, -0.15) is 0 Å². The van der Waals surface area contributed by atoms with Gasteiger partial charge in [0.15, 0.2) is 0 Å². The zero-order chi connectivity index (χ0) is 44.5. The van der Waals surface area contributed by atoms with Crippen LogP contribution in [0.2, 0.25) is 0 Å². The normalized spacial score (nSPS) is 11.3. The molecule has 67 heavy (non-hydrogen) atoms. The standard InChI is InChI=1S/C63H43N3S/c1-6-19-44(20-7-1)45-21-16-24-50(39-45)63-64-61-57-37-35-48(46-22-17-33-55(40-46)65(51-25-8-2-9-26-51)52-27-10-3-11-28-52)42-59(57)60-43-49(36-38-58(60)62(61)67-63)47-23-18-34-56(41-47)66(53-29-12-4-13-30-53)54-31-14-5-15-32-54/h1-43H. The number of hydrogen-bond acceptors (Lipinski definition) is 4. The minimum Gasteiger partial charge on any atom is -0.310 e. The van der Waals surface area contributed by atoms with Gasteiger partial charge in [-0.3, -0.25) is 0 Å². The molecule has 0 bridgehead atoms. The molecule has 0 spiro atoms. The lowest BCUT2D eigenvalue weighted by molar-refractivity contribution is 1.28. The van der Waals surface area contributed by atoms with Crippen LogP contribution in [0.25, 0.3) is 75.7 Å². The second-order valence-electron chi connectivity index (χ2n) is 16.8. The van der Waals surface area contributed by atoms with Crippen LogP contribution in [0.4, 0.5) is 34.1 Å². The lowest BCUT2D eigenvalue weighted by atomic mass is 9.93. The Kier molecular flexibility index (Phi) is 10.4. The molecule has 12 aromatic rings. The molecule has 0 N–H and O–H groups in total. The van der Waals surface area contributed by atoms with Crippen LogP contribution in [0, 0.1) is 0 Å². The molecule has 0 fully saturated rings. The van der Waals surface area contributed by atoms with Gasteiger partial charge in [-0.25, -0.2) is 4.98 Å². The molecule has 4 heteroatoms. The van der Waals surface area contributed by atoms with Crippen LogP contribution in [0.1, 0.15) is 0 Å². The Balaban J connectivity index is 1.03. The molecule has 0 radical (unpaired) electrons. The predicted octanol–water partition coefficient (Wildman–Crippen LogP) is 18.2. The van der Waals surface area contributed by atoms with Gasteiger partial charge in [0.2, 0.25) is 0 Å². The van der Waals surface area contributed by atoms with Crippen molar-refractivity contribution in [1.82, 2.24) is 4.98 Å². The summed E-state index contributed by atoms with van der Waals surface area (Å²) in [6.07, 6.45) is 0. The van der Waals surface area contributed by atoms with Crippen molar-refractivity contribution in [2.45, 2.75) is 0 Å². The molecule has 11 aromatic carbocycles. The Bertz CT molecular complexity index is 3400. The average Bonchev–Trinajstić information content (AvgIpc) is 3.87. The molecule has 0 aliphatic heterocycles. The molecule has 12 rings (SSSR count). The van der Waals surface area contributed by atoms with E-state index in [2.05, 4.69) is 271 Å². The van der Waals surface area contributed by atoms with Crippen LogP contribution in [-0.4, -0.2) is 4.98 Å². The summed E-state index contributed by atoms with van der Waals surface area (Å²) in [4.78, 5) is 10.1. The number of hydrogen-bond donors (Lipinski definition) is 0. The van der Waals surface area contributed by atoms with E-state index in [4.69, 9.17) is 4.98 Å². The Hall–Kier alpha value is -8.57. The van der Waals surface area contributed by atoms with Gasteiger partial charge in [0.1, 0.15) is 5.01 Å². The van der Waals surface area contributed by atoms with Gasteiger partial charge < -0.3 is 9.80 Å². The first-order valence-corrected chi connectivity index (χ1v) is 23.5. The van der Waals surface area contributed by atoms with Gasteiger partial charge in [0, 0.05) is 50.5 Å². The molecule has 0 aliphatic carbocycles. The average molecular weight is 874 g/mol. The molecule has 3 nitrogen and oxygen atoms in total. The number of nitrogens with zero attached hydrogens (tertiary/aromatic N) is 3. The summed E-state index contributed by atoms with van der Waals surface area (Å²) in [7, 11) is 0. The number of anilines is 6. The van der Waals surface area contributed by atoms with E-state index in [1.165, 1.54) is 32.0 Å². The van der Waals surface area contributed by atoms with Crippen molar-refractivity contribution in [1.29, 1.82) is 0 Å². The highest BCUT2D eigenvalue weighted by molar-refractivity contribution is 7.22. The second-order valence-corrected chi connectivity index (χ2v) is 17.8. The number of thiazole rings is 1. The molecule has 0 saturated carbocycles. The molecule has 1 aromatic heterocycles. The van der Waals surface area contributed by atoms with Gasteiger partial charge in [-0.1, -0.05) is 170 Å². The highest BCUT2D eigenvalue weighted by Crippen LogP contribution is 2.45. The van der Waals surface area contributed by atoms with Crippen LogP contribution >= 0.6 is 11.3 Å². The molecule has 0 aliphatic rings. The first-order chi connectivity index (χ1) is 33.2. The summed E-state index contributed by atoms with van der Waals surface area (Å²) < 4.78 is 1.19. The van der Waals surface area contributed by atoms with E-state index >= 15 is 0 Å². The second kappa shape index (κ2) is 17.4. The zero-order valence-electron chi connectivity index (χ0n) is 36.6. The van der Waals surface area contributed by atoms with Crippen molar-refractivity contribution in [3.63, 3.8) is 0 Å². The Morgan fingerprint density at radius 2 is 0.612 bits per heavy atom. The maximum absolute atomic E-state index is 5.48. The van der Waals surface area contributed by atoms with Gasteiger partial charge in [0.05, 0.1) is 10.2 Å². The van der Waals surface area contributed by atoms with Crippen LogP contribution in [0.3, 0.4) is 0 Å². The third kappa shape index (κ3) is 7.69. The number of para-hydroxylation sites is 4. The minimum atomic E-state index is 1.01. The van der Waals surface area contributed by atoms with Gasteiger partial charge >= 0.3 is 0 Å². The van der Waals surface area contributed by atoms with Gasteiger partial charge in [0.25, 0.3) is 0 Å². The summed E-state index contributed by atoms with van der Waals surface area (Å²) in [5.41, 5.74) is 15.8. The van der Waals surface area contributed by atoms with Crippen molar-refractivity contribution in [2.24, 2.45) is 0 Å². The Labute approximate surface area is 394 Å². The summed E-state index contributed by atoms with van der Waals surface area (Å²) >= 11 is 1.78. The van der Waals surface area contributed by atoms with E-state index in [0.29, 0.717) is 0 Å². The fourth-order valence-corrected chi connectivity index (χ4v) is 10.5. The molecule has 0 atom stereocenters. The molecular formula is C63H43N3S. The maximum atomic E-state index is 5.48. The van der Waals surface area contributed by atoms with E-state index < -0.39 is 0 Å². The lowest BCUT2D eigenvalue weighted by Gasteiger charge is -2.26. The highest BCUT2D eigenvalue weighted by Gasteiger charge is 2.19. The number of rotatable bonds is 10. The zero-order valence-corrected chi connectivity index (χ0v) is 37.4. The first-order valence-electron chi connectivity index (χ1n) is 22.7. The topological polar surface area (TPSA) is 19.4 Å². The maximum Gasteiger partial charge on any atom is 0.124 e. The quantitative estimate of drug-likeness (QED) is 0.128. The minimum absolute atomic E-state index is 1.01. The summed E-state index contributed by atoms with van der Waals surface area (Å²) in [5, 5.41) is 5.74. The van der Waals surface area contributed by atoms with Crippen LogP contribution < -0.4 is 9.80 Å². The molecule has 0 unspecified atom stereocenters. The first kappa shape index (κ1) is 40.0. The fourth-order valence-electron chi connectivity index (χ4n) is 9.42. The Morgan fingerprint density at radius 3 is 1.10 bits per heavy atom. The van der Waals surface area contributed by atoms with Crippen molar-refractivity contribution in [3.05, 3.63) is 261 Å². The number of fused-ring (bicyclic) bond motifs is 6. The van der Waals surface area contributed by atoms with E-state index in [0.717, 1.165) is 77.9 Å². The predicted molar refractivity (Wildman–Crippen MR) is 286 cm³/mol. The van der Waals surface area contributed by atoms with E-state index in [-0.39, 0.29) is 0 Å².